The molecule has 0 aliphatic rings. The van der Waals surface area contributed by atoms with Crippen LogP contribution in [0.4, 0.5) is 4.39 Å². The number of aliphatic hydroxyl groups excluding tert-OH is 2. The van der Waals surface area contributed by atoms with E-state index >= 15 is 0 Å². The van der Waals surface area contributed by atoms with Crippen LogP contribution in [-0.4, -0.2) is 48.8 Å². The smallest absolute Gasteiger partial charge is 0.257 e. The molecule has 0 fully saturated rings. The Balaban J connectivity index is 1.93. The largest absolute Gasteiger partial charge is 0.394 e. The minimum Gasteiger partial charge on any atom is -0.394 e. The van der Waals surface area contributed by atoms with Crippen LogP contribution >= 0.6 is 11.6 Å². The highest BCUT2D eigenvalue weighted by atomic mass is 35.5. The van der Waals surface area contributed by atoms with Crippen molar-refractivity contribution in [2.75, 3.05) is 13.2 Å². The molecule has 0 radical (unpaired) electrons. The van der Waals surface area contributed by atoms with E-state index in [9.17, 15) is 27.5 Å². The molecule has 0 saturated heterocycles. The van der Waals surface area contributed by atoms with Gasteiger partial charge in [0.15, 0.2) is 0 Å². The van der Waals surface area contributed by atoms with Crippen molar-refractivity contribution in [1.29, 1.82) is 0 Å². The summed E-state index contributed by atoms with van der Waals surface area (Å²) in [7, 11) is -4.36. The van der Waals surface area contributed by atoms with Crippen LogP contribution in [0.2, 0.25) is 5.02 Å². The Kier molecular flexibility index (Phi) is 7.26. The summed E-state index contributed by atoms with van der Waals surface area (Å²) in [4.78, 5) is 27.3. The van der Waals surface area contributed by atoms with Crippen molar-refractivity contribution in [3.8, 4) is 0 Å². The molecule has 32 heavy (non-hydrogen) atoms. The molecule has 3 aromatic rings. The first-order valence-electron chi connectivity index (χ1n) is 9.28. The van der Waals surface area contributed by atoms with E-state index in [2.05, 4.69) is 10.3 Å². The molecule has 12 heteroatoms. The molecule has 0 aliphatic heterocycles. The number of halogens is 2. The average molecular weight is 484 g/mol. The third-order valence-corrected chi connectivity index (χ3v) is 6.24. The first kappa shape index (κ1) is 23.8. The maximum Gasteiger partial charge on any atom is 0.257 e. The summed E-state index contributed by atoms with van der Waals surface area (Å²) in [5.41, 5.74) is -0.671. The SMILES string of the molecule is O=C(NCc1ccc(Cl)cc1)c1c[nH]c2c(S(=O)(=O)NCC(O)CO)cc(F)cc2c1=O. The van der Waals surface area contributed by atoms with E-state index < -0.39 is 51.3 Å². The maximum atomic E-state index is 14.2. The Bertz CT molecular complexity index is 1310. The monoisotopic (exact) mass is 483 g/mol. The number of fused-ring (bicyclic) bond motifs is 1. The highest BCUT2D eigenvalue weighted by Gasteiger charge is 2.23. The van der Waals surface area contributed by atoms with Gasteiger partial charge in [-0.25, -0.2) is 17.5 Å². The number of pyridine rings is 1. The van der Waals surface area contributed by atoms with Crippen molar-refractivity contribution in [2.24, 2.45) is 0 Å². The third-order valence-electron chi connectivity index (χ3n) is 4.54. The van der Waals surface area contributed by atoms with Gasteiger partial charge in [-0.3, -0.25) is 9.59 Å². The number of aromatic nitrogens is 1. The number of carbonyl (C=O) groups is 1. The van der Waals surface area contributed by atoms with E-state index in [1.807, 2.05) is 4.72 Å². The molecule has 2 aromatic carbocycles. The second kappa shape index (κ2) is 9.76. The molecule has 9 nitrogen and oxygen atoms in total. The summed E-state index contributed by atoms with van der Waals surface area (Å²) < 4.78 is 41.3. The molecule has 0 aliphatic carbocycles. The molecule has 0 saturated carbocycles. The van der Waals surface area contributed by atoms with Gasteiger partial charge in [0.1, 0.15) is 16.3 Å². The van der Waals surface area contributed by atoms with Gasteiger partial charge >= 0.3 is 0 Å². The van der Waals surface area contributed by atoms with E-state index in [1.54, 1.807) is 24.3 Å². The zero-order valence-corrected chi connectivity index (χ0v) is 18.0. The molecule has 0 spiro atoms. The average Bonchev–Trinajstić information content (AvgIpc) is 2.77. The second-order valence-electron chi connectivity index (χ2n) is 6.86. The molecule has 1 aromatic heterocycles. The van der Waals surface area contributed by atoms with Gasteiger partial charge in [0.05, 0.1) is 23.6 Å². The lowest BCUT2D eigenvalue weighted by Gasteiger charge is -2.12. The molecule has 170 valence electrons. The topological polar surface area (TPSA) is 149 Å². The van der Waals surface area contributed by atoms with Crippen molar-refractivity contribution in [1.82, 2.24) is 15.0 Å². The third kappa shape index (κ3) is 5.31. The van der Waals surface area contributed by atoms with Gasteiger partial charge in [-0.15, -0.1) is 0 Å². The van der Waals surface area contributed by atoms with Crippen molar-refractivity contribution in [3.63, 3.8) is 0 Å². The fourth-order valence-electron chi connectivity index (χ4n) is 2.87. The number of amides is 1. The number of aromatic amines is 1. The second-order valence-corrected chi connectivity index (χ2v) is 9.03. The van der Waals surface area contributed by atoms with Gasteiger partial charge in [-0.1, -0.05) is 23.7 Å². The van der Waals surface area contributed by atoms with Crippen LogP contribution in [0.5, 0.6) is 0 Å². The number of hydrogen-bond donors (Lipinski definition) is 5. The van der Waals surface area contributed by atoms with E-state index in [0.717, 1.165) is 17.8 Å². The number of H-pyrrole nitrogens is 1. The Labute approximate surface area is 186 Å². The van der Waals surface area contributed by atoms with Crippen LogP contribution < -0.4 is 15.5 Å². The normalized spacial score (nSPS) is 12.6. The predicted molar refractivity (Wildman–Crippen MR) is 115 cm³/mol. The molecule has 1 heterocycles. The molecule has 1 amide bonds. The minimum absolute atomic E-state index is 0.105. The molecule has 0 bridgehead atoms. The van der Waals surface area contributed by atoms with Gasteiger partial charge in [-0.05, 0) is 29.8 Å². The van der Waals surface area contributed by atoms with Gasteiger partial charge in [0.2, 0.25) is 15.5 Å². The Morgan fingerprint density at radius 1 is 1.22 bits per heavy atom. The minimum atomic E-state index is -4.36. The molecule has 1 unspecified atom stereocenters. The predicted octanol–water partition coefficient (Wildman–Crippen LogP) is 0.882. The zero-order chi connectivity index (χ0) is 23.5. The molecular weight excluding hydrogens is 465 g/mol. The number of sulfonamides is 1. The standard InChI is InChI=1S/C20H19ClFN3O6S/c21-12-3-1-11(2-4-12)7-24-20(29)16-9-23-18-15(19(16)28)5-13(22)6-17(18)32(30,31)25-8-14(27)10-26/h1-6,9,14,25-27H,7-8,10H2,(H,23,28)(H,24,29). The number of carbonyl (C=O) groups excluding carboxylic acids is 1. The summed E-state index contributed by atoms with van der Waals surface area (Å²) in [6.45, 7) is -1.10. The molecule has 1 atom stereocenters. The van der Waals surface area contributed by atoms with Crippen LogP contribution in [-0.2, 0) is 16.6 Å². The summed E-state index contributed by atoms with van der Waals surface area (Å²) >= 11 is 5.81. The van der Waals surface area contributed by atoms with E-state index in [1.165, 1.54) is 0 Å². The van der Waals surface area contributed by atoms with Gasteiger partial charge in [0.25, 0.3) is 5.91 Å². The fourth-order valence-corrected chi connectivity index (χ4v) is 4.27. The van der Waals surface area contributed by atoms with Crippen LogP contribution in [0.25, 0.3) is 10.9 Å². The van der Waals surface area contributed by atoms with Gasteiger partial charge < -0.3 is 20.5 Å². The van der Waals surface area contributed by atoms with Crippen LogP contribution in [0, 0.1) is 5.82 Å². The van der Waals surface area contributed by atoms with Crippen LogP contribution in [0.3, 0.4) is 0 Å². The summed E-state index contributed by atoms with van der Waals surface area (Å²) in [6, 6.07) is 8.20. The molecular formula is C20H19ClFN3O6S. The Morgan fingerprint density at radius 2 is 1.91 bits per heavy atom. The molecule has 3 rings (SSSR count). The lowest BCUT2D eigenvalue weighted by Crippen LogP contribution is -2.34. The quantitative estimate of drug-likeness (QED) is 0.321. The van der Waals surface area contributed by atoms with Crippen molar-refractivity contribution in [3.05, 3.63) is 74.8 Å². The van der Waals surface area contributed by atoms with Crippen LogP contribution in [0.15, 0.2) is 52.3 Å². The van der Waals surface area contributed by atoms with E-state index in [-0.39, 0.29) is 23.0 Å². The first-order valence-corrected chi connectivity index (χ1v) is 11.1. The lowest BCUT2D eigenvalue weighted by atomic mass is 10.1. The van der Waals surface area contributed by atoms with E-state index in [0.29, 0.717) is 11.1 Å². The highest BCUT2D eigenvalue weighted by molar-refractivity contribution is 7.89. The number of nitrogens with one attached hydrogen (secondary N) is 3. The number of aliphatic hydroxyl groups is 2. The summed E-state index contributed by atoms with van der Waals surface area (Å²) in [6.07, 6.45) is -0.318. The maximum absolute atomic E-state index is 14.2. The van der Waals surface area contributed by atoms with E-state index in [4.69, 9.17) is 16.7 Å². The number of rotatable bonds is 8. The fraction of sp³-hybridized carbons (Fsp3) is 0.200. The summed E-state index contributed by atoms with van der Waals surface area (Å²) in [5, 5.41) is 20.9. The first-order chi connectivity index (χ1) is 15.1. The zero-order valence-electron chi connectivity index (χ0n) is 16.4. The van der Waals surface area contributed by atoms with Gasteiger partial charge in [0, 0.05) is 24.3 Å². The van der Waals surface area contributed by atoms with Crippen molar-refractivity contribution < 1.29 is 27.8 Å². The molecule has 5 N–H and O–H groups in total. The number of hydrogen-bond acceptors (Lipinski definition) is 6. The Morgan fingerprint density at radius 3 is 2.56 bits per heavy atom. The number of benzene rings is 2. The van der Waals surface area contributed by atoms with Gasteiger partial charge in [-0.2, -0.15) is 0 Å². The van der Waals surface area contributed by atoms with Crippen molar-refractivity contribution >= 4 is 38.4 Å². The van der Waals surface area contributed by atoms with Crippen molar-refractivity contribution in [2.45, 2.75) is 17.5 Å². The summed E-state index contributed by atoms with van der Waals surface area (Å²) in [5.74, 6) is -1.74. The Hall–Kier alpha value is -2.83. The lowest BCUT2D eigenvalue weighted by molar-refractivity contribution is 0.0949. The van der Waals surface area contributed by atoms with Crippen LogP contribution in [0.1, 0.15) is 15.9 Å². The highest BCUT2D eigenvalue weighted by Crippen LogP contribution is 2.21.